The molecule has 3 aromatic carbocycles. The van der Waals surface area contributed by atoms with Crippen LogP contribution in [0.2, 0.25) is 0 Å². The lowest BCUT2D eigenvalue weighted by molar-refractivity contribution is -0.139. The molecule has 5 rings (SSSR count). The lowest BCUT2D eigenvalue weighted by Crippen LogP contribution is -2.39. The van der Waals surface area contributed by atoms with Crippen LogP contribution in [-0.2, 0) is 9.53 Å². The number of aromatic nitrogens is 1. The quantitative estimate of drug-likeness (QED) is 0.270. The van der Waals surface area contributed by atoms with E-state index in [1.54, 1.807) is 60.9 Å². The van der Waals surface area contributed by atoms with Gasteiger partial charge in [0, 0.05) is 0 Å². The summed E-state index contributed by atoms with van der Waals surface area (Å²) in [5.74, 6) is -0.523. The van der Waals surface area contributed by atoms with Gasteiger partial charge in [0.25, 0.3) is 5.56 Å². The fourth-order valence-electron chi connectivity index (χ4n) is 4.46. The van der Waals surface area contributed by atoms with Gasteiger partial charge in [-0.2, -0.15) is 0 Å². The summed E-state index contributed by atoms with van der Waals surface area (Å²) in [7, 11) is 0. The third kappa shape index (κ3) is 5.37. The Hall–Kier alpha value is -4.56. The number of esters is 2. The number of ether oxygens (including phenoxy) is 2. The van der Waals surface area contributed by atoms with Crippen LogP contribution in [0.3, 0.4) is 0 Å². The normalized spacial score (nSPS) is 14.9. The van der Waals surface area contributed by atoms with Crippen LogP contribution in [0.4, 0.5) is 0 Å². The third-order valence-corrected chi connectivity index (χ3v) is 7.26. The minimum atomic E-state index is -0.646. The molecule has 0 N–H and O–H groups in total. The number of carbonyl (C=O) groups is 2. The molecule has 0 spiro atoms. The largest absolute Gasteiger partial charge is 0.463 e. The van der Waals surface area contributed by atoms with Gasteiger partial charge in [0.2, 0.25) is 0 Å². The smallest absolute Gasteiger partial charge is 0.343 e. The van der Waals surface area contributed by atoms with Crippen molar-refractivity contribution in [2.75, 3.05) is 6.61 Å². The van der Waals surface area contributed by atoms with Crippen LogP contribution in [-0.4, -0.2) is 23.1 Å². The van der Waals surface area contributed by atoms with Crippen LogP contribution in [0.5, 0.6) is 5.75 Å². The number of carbonyl (C=O) groups excluding carboxylic acids is 2. The number of hydrogen-bond donors (Lipinski definition) is 0. The van der Waals surface area contributed by atoms with Crippen molar-refractivity contribution in [3.63, 3.8) is 0 Å². The Morgan fingerprint density at radius 2 is 1.72 bits per heavy atom. The van der Waals surface area contributed by atoms with Crippen LogP contribution in [0.25, 0.3) is 6.08 Å². The SMILES string of the molecule is CCOC(=O)C1=C(C)N=c2s/c(=C\c3ccc(OC(=O)c4cccc(C)c4)cc3)c(=O)n2C1c1ccccc1. The van der Waals surface area contributed by atoms with E-state index in [-0.39, 0.29) is 12.2 Å². The molecule has 8 heteroatoms. The van der Waals surface area contributed by atoms with Crippen molar-refractivity contribution < 1.29 is 19.1 Å². The molecule has 1 unspecified atom stereocenters. The maximum absolute atomic E-state index is 13.7. The molecule has 1 aromatic heterocycles. The highest BCUT2D eigenvalue weighted by atomic mass is 32.1. The molecular formula is C31H26N2O5S. The predicted molar refractivity (Wildman–Crippen MR) is 149 cm³/mol. The van der Waals surface area contributed by atoms with Crippen LogP contribution < -0.4 is 19.6 Å². The first-order valence-corrected chi connectivity index (χ1v) is 13.3. The molecule has 0 amide bonds. The molecular weight excluding hydrogens is 512 g/mol. The summed E-state index contributed by atoms with van der Waals surface area (Å²) in [5, 5.41) is 0. The molecule has 0 bridgehead atoms. The van der Waals surface area contributed by atoms with E-state index in [9.17, 15) is 14.4 Å². The van der Waals surface area contributed by atoms with E-state index in [1.807, 2.05) is 49.4 Å². The predicted octanol–water partition coefficient (Wildman–Crippen LogP) is 4.33. The molecule has 196 valence electrons. The molecule has 1 aliphatic heterocycles. The molecule has 0 fully saturated rings. The first kappa shape index (κ1) is 26.1. The Bertz CT molecular complexity index is 1770. The molecule has 0 radical (unpaired) electrons. The highest BCUT2D eigenvalue weighted by Crippen LogP contribution is 2.30. The number of fused-ring (bicyclic) bond motifs is 1. The maximum Gasteiger partial charge on any atom is 0.343 e. The zero-order valence-electron chi connectivity index (χ0n) is 21.7. The van der Waals surface area contributed by atoms with E-state index in [0.717, 1.165) is 16.7 Å². The van der Waals surface area contributed by atoms with Crippen molar-refractivity contribution in [1.29, 1.82) is 0 Å². The minimum Gasteiger partial charge on any atom is -0.463 e. The van der Waals surface area contributed by atoms with Crippen LogP contribution in [0, 0.1) is 6.92 Å². The lowest BCUT2D eigenvalue weighted by atomic mass is 9.96. The van der Waals surface area contributed by atoms with Gasteiger partial charge in [-0.25, -0.2) is 14.6 Å². The Labute approximate surface area is 229 Å². The summed E-state index contributed by atoms with van der Waals surface area (Å²) in [6, 6.07) is 22.9. The molecule has 0 saturated carbocycles. The van der Waals surface area contributed by atoms with Gasteiger partial charge >= 0.3 is 11.9 Å². The monoisotopic (exact) mass is 538 g/mol. The van der Waals surface area contributed by atoms with Gasteiger partial charge in [0.05, 0.1) is 34.0 Å². The number of hydrogen-bond acceptors (Lipinski definition) is 7. The van der Waals surface area contributed by atoms with Gasteiger partial charge in [0.1, 0.15) is 5.75 Å². The van der Waals surface area contributed by atoms with Gasteiger partial charge in [0.15, 0.2) is 4.80 Å². The fraction of sp³-hybridized carbons (Fsp3) is 0.161. The summed E-state index contributed by atoms with van der Waals surface area (Å²) in [6.45, 7) is 5.64. The van der Waals surface area contributed by atoms with Crippen molar-refractivity contribution in [2.45, 2.75) is 26.8 Å². The molecule has 0 saturated heterocycles. The van der Waals surface area contributed by atoms with Gasteiger partial charge in [-0.1, -0.05) is 71.5 Å². The van der Waals surface area contributed by atoms with Crippen LogP contribution >= 0.6 is 11.3 Å². The first-order valence-electron chi connectivity index (χ1n) is 12.5. The van der Waals surface area contributed by atoms with Crippen LogP contribution in [0.15, 0.2) is 99.9 Å². The van der Waals surface area contributed by atoms with E-state index >= 15 is 0 Å². The number of nitrogens with zero attached hydrogens (tertiary/aromatic N) is 2. The molecule has 0 aliphatic carbocycles. The highest BCUT2D eigenvalue weighted by Gasteiger charge is 2.33. The maximum atomic E-state index is 13.7. The van der Waals surface area contributed by atoms with Crippen molar-refractivity contribution in [3.05, 3.63) is 132 Å². The third-order valence-electron chi connectivity index (χ3n) is 6.27. The van der Waals surface area contributed by atoms with Crippen molar-refractivity contribution >= 4 is 29.4 Å². The Morgan fingerprint density at radius 1 is 0.974 bits per heavy atom. The fourth-order valence-corrected chi connectivity index (χ4v) is 5.51. The Balaban J connectivity index is 1.49. The summed E-state index contributed by atoms with van der Waals surface area (Å²) in [6.07, 6.45) is 1.77. The van der Waals surface area contributed by atoms with Gasteiger partial charge < -0.3 is 9.47 Å². The van der Waals surface area contributed by atoms with E-state index in [1.165, 1.54) is 11.3 Å². The molecule has 1 atom stereocenters. The van der Waals surface area contributed by atoms with Crippen molar-refractivity contribution in [3.8, 4) is 5.75 Å². The number of rotatable bonds is 6. The minimum absolute atomic E-state index is 0.220. The summed E-state index contributed by atoms with van der Waals surface area (Å²) < 4.78 is 12.8. The van der Waals surface area contributed by atoms with E-state index in [4.69, 9.17) is 9.47 Å². The van der Waals surface area contributed by atoms with Gasteiger partial charge in [-0.3, -0.25) is 9.36 Å². The first-order chi connectivity index (χ1) is 18.9. The zero-order chi connectivity index (χ0) is 27.5. The molecule has 2 heterocycles. The van der Waals surface area contributed by atoms with Crippen LogP contribution in [0.1, 0.15) is 46.9 Å². The second kappa shape index (κ2) is 11.0. The molecule has 1 aliphatic rings. The molecule has 7 nitrogen and oxygen atoms in total. The average Bonchev–Trinajstić information content (AvgIpc) is 3.23. The van der Waals surface area contributed by atoms with E-state index < -0.39 is 18.0 Å². The highest BCUT2D eigenvalue weighted by molar-refractivity contribution is 7.07. The number of benzene rings is 3. The number of aryl methyl sites for hydroxylation is 1. The standard InChI is InChI=1S/C31H26N2O5S/c1-4-37-30(36)26-20(3)32-31-33(27(26)22-10-6-5-7-11-22)28(34)25(39-31)18-21-13-15-24(16-14-21)38-29(35)23-12-8-9-19(2)17-23/h5-18,27H,4H2,1-3H3/b25-18-. The number of allylic oxidation sites excluding steroid dienone is 1. The van der Waals surface area contributed by atoms with Gasteiger partial charge in [-0.15, -0.1) is 0 Å². The Kier molecular flexibility index (Phi) is 7.38. The van der Waals surface area contributed by atoms with E-state index in [2.05, 4.69) is 4.99 Å². The van der Waals surface area contributed by atoms with Crippen molar-refractivity contribution in [1.82, 2.24) is 4.57 Å². The lowest BCUT2D eigenvalue weighted by Gasteiger charge is -2.24. The molecule has 4 aromatic rings. The second-order valence-electron chi connectivity index (χ2n) is 9.04. The summed E-state index contributed by atoms with van der Waals surface area (Å²) in [4.78, 5) is 44.2. The average molecular weight is 539 g/mol. The second-order valence-corrected chi connectivity index (χ2v) is 10.1. The molecule has 39 heavy (non-hydrogen) atoms. The summed E-state index contributed by atoms with van der Waals surface area (Å²) >= 11 is 1.26. The van der Waals surface area contributed by atoms with Gasteiger partial charge in [-0.05, 0) is 62.2 Å². The zero-order valence-corrected chi connectivity index (χ0v) is 22.5. The van der Waals surface area contributed by atoms with E-state index in [0.29, 0.717) is 31.9 Å². The Morgan fingerprint density at radius 3 is 2.41 bits per heavy atom. The number of thiazole rings is 1. The topological polar surface area (TPSA) is 87.0 Å². The summed E-state index contributed by atoms with van der Waals surface area (Å²) in [5.41, 5.74) is 3.62. The van der Waals surface area contributed by atoms with Crippen molar-refractivity contribution in [2.24, 2.45) is 4.99 Å².